The summed E-state index contributed by atoms with van der Waals surface area (Å²) in [6, 6.07) is 0. The summed E-state index contributed by atoms with van der Waals surface area (Å²) in [6.07, 6.45) is 3.71. The Kier molecular flexibility index (Phi) is 5.57. The predicted octanol–water partition coefficient (Wildman–Crippen LogP) is -0.186. The van der Waals surface area contributed by atoms with Crippen molar-refractivity contribution < 1.29 is 20.1 Å². The van der Waals surface area contributed by atoms with Crippen LogP contribution in [-0.2, 0) is 4.79 Å². The molecular weight excluding hydrogens is 296 g/mol. The van der Waals surface area contributed by atoms with Crippen LogP contribution in [0.25, 0.3) is 0 Å². The fraction of sp³-hybridized carbons (Fsp3) is 0.941. The normalized spacial score (nSPS) is 34.9. The molecular formula is C17H30N2O4. The van der Waals surface area contributed by atoms with E-state index in [2.05, 4.69) is 0 Å². The molecule has 1 saturated carbocycles. The quantitative estimate of drug-likeness (QED) is 0.670. The van der Waals surface area contributed by atoms with Crippen LogP contribution in [-0.4, -0.2) is 82.1 Å². The fourth-order valence-electron chi connectivity index (χ4n) is 4.36. The van der Waals surface area contributed by atoms with Gasteiger partial charge >= 0.3 is 0 Å². The number of aliphatic hydroxyl groups excluding tert-OH is 3. The highest BCUT2D eigenvalue weighted by molar-refractivity contribution is 5.79. The molecule has 0 aromatic heterocycles. The van der Waals surface area contributed by atoms with Crippen molar-refractivity contribution in [3.05, 3.63) is 0 Å². The fourth-order valence-corrected chi connectivity index (χ4v) is 4.36. The average Bonchev–Trinajstić information content (AvgIpc) is 3.07. The molecule has 1 aliphatic carbocycles. The van der Waals surface area contributed by atoms with Crippen molar-refractivity contribution in [3.8, 4) is 0 Å². The number of hydrogen-bond acceptors (Lipinski definition) is 5. The molecule has 0 aromatic carbocycles. The lowest BCUT2D eigenvalue weighted by molar-refractivity contribution is -0.137. The van der Waals surface area contributed by atoms with E-state index >= 15 is 0 Å². The van der Waals surface area contributed by atoms with Crippen molar-refractivity contribution in [1.29, 1.82) is 0 Å². The van der Waals surface area contributed by atoms with Crippen molar-refractivity contribution in [3.63, 3.8) is 0 Å². The first-order chi connectivity index (χ1) is 11.0. The van der Waals surface area contributed by atoms with Crippen LogP contribution in [0.2, 0.25) is 0 Å². The van der Waals surface area contributed by atoms with Gasteiger partial charge < -0.3 is 20.2 Å². The lowest BCUT2D eigenvalue weighted by Gasteiger charge is -2.40. The van der Waals surface area contributed by atoms with E-state index in [0.717, 1.165) is 45.3 Å². The molecule has 0 aromatic rings. The molecule has 3 fully saturated rings. The van der Waals surface area contributed by atoms with Crippen LogP contribution in [0.4, 0.5) is 0 Å². The number of carbonyl (C=O) groups excluding carboxylic acids is 1. The Balaban J connectivity index is 1.43. The number of rotatable bonds is 3. The van der Waals surface area contributed by atoms with E-state index in [1.54, 1.807) is 0 Å². The Morgan fingerprint density at radius 1 is 0.913 bits per heavy atom. The molecule has 0 bridgehead atoms. The Morgan fingerprint density at radius 2 is 1.48 bits per heavy atom. The molecule has 3 atom stereocenters. The third-order valence-corrected chi connectivity index (χ3v) is 5.83. The highest BCUT2D eigenvalue weighted by Gasteiger charge is 2.35. The van der Waals surface area contributed by atoms with Gasteiger partial charge in [-0.25, -0.2) is 0 Å². The molecule has 0 radical (unpaired) electrons. The molecule has 2 saturated heterocycles. The highest BCUT2D eigenvalue weighted by atomic mass is 16.4. The van der Waals surface area contributed by atoms with Crippen molar-refractivity contribution in [2.75, 3.05) is 32.7 Å². The Morgan fingerprint density at radius 3 is 2.04 bits per heavy atom. The second-order valence-electron chi connectivity index (χ2n) is 7.59. The molecule has 2 aliphatic heterocycles. The highest BCUT2D eigenvalue weighted by Crippen LogP contribution is 2.29. The van der Waals surface area contributed by atoms with Crippen LogP contribution in [0.5, 0.6) is 0 Å². The van der Waals surface area contributed by atoms with Crippen molar-refractivity contribution in [2.45, 2.75) is 56.8 Å². The summed E-state index contributed by atoms with van der Waals surface area (Å²) in [4.78, 5) is 16.5. The van der Waals surface area contributed by atoms with E-state index in [9.17, 15) is 20.1 Å². The van der Waals surface area contributed by atoms with E-state index in [1.807, 2.05) is 9.80 Å². The summed E-state index contributed by atoms with van der Waals surface area (Å²) < 4.78 is 0. The summed E-state index contributed by atoms with van der Waals surface area (Å²) >= 11 is 0. The lowest BCUT2D eigenvalue weighted by atomic mass is 9.93. The van der Waals surface area contributed by atoms with Crippen molar-refractivity contribution in [2.24, 2.45) is 11.8 Å². The van der Waals surface area contributed by atoms with Crippen LogP contribution in [0, 0.1) is 11.8 Å². The summed E-state index contributed by atoms with van der Waals surface area (Å²) in [5.41, 5.74) is 0. The minimum absolute atomic E-state index is 0.264. The van der Waals surface area contributed by atoms with E-state index in [0.29, 0.717) is 24.9 Å². The number of aliphatic hydroxyl groups is 3. The van der Waals surface area contributed by atoms with Crippen molar-refractivity contribution in [1.82, 2.24) is 9.80 Å². The zero-order valence-corrected chi connectivity index (χ0v) is 13.8. The Labute approximate surface area is 138 Å². The number of carbonyl (C=O) groups is 1. The number of piperidine rings is 2. The smallest absolute Gasteiger partial charge is 0.225 e. The number of nitrogens with zero attached hydrogens (tertiary/aromatic N) is 2. The van der Waals surface area contributed by atoms with Gasteiger partial charge in [-0.1, -0.05) is 12.8 Å². The molecule has 3 aliphatic rings. The van der Waals surface area contributed by atoms with Crippen LogP contribution in [0.1, 0.15) is 38.5 Å². The van der Waals surface area contributed by atoms with Crippen LogP contribution >= 0.6 is 0 Å². The maximum absolute atomic E-state index is 12.4. The predicted molar refractivity (Wildman–Crippen MR) is 85.7 cm³/mol. The third-order valence-electron chi connectivity index (χ3n) is 5.83. The van der Waals surface area contributed by atoms with Gasteiger partial charge in [0, 0.05) is 38.6 Å². The largest absolute Gasteiger partial charge is 0.389 e. The molecule has 0 spiro atoms. The van der Waals surface area contributed by atoms with Gasteiger partial charge in [0.15, 0.2) is 0 Å². The first-order valence-electron chi connectivity index (χ1n) is 9.10. The van der Waals surface area contributed by atoms with Gasteiger partial charge in [0.25, 0.3) is 0 Å². The van der Waals surface area contributed by atoms with Crippen LogP contribution in [0.15, 0.2) is 0 Å². The number of amides is 1. The Bertz CT molecular complexity index is 393. The summed E-state index contributed by atoms with van der Waals surface area (Å²) in [7, 11) is 0. The first kappa shape index (κ1) is 17.1. The van der Waals surface area contributed by atoms with E-state index in [-0.39, 0.29) is 5.92 Å². The van der Waals surface area contributed by atoms with Gasteiger partial charge in [0.1, 0.15) is 6.10 Å². The van der Waals surface area contributed by atoms with E-state index in [4.69, 9.17) is 0 Å². The van der Waals surface area contributed by atoms with Gasteiger partial charge in [-0.3, -0.25) is 9.69 Å². The van der Waals surface area contributed by atoms with Gasteiger partial charge in [-0.2, -0.15) is 0 Å². The molecule has 23 heavy (non-hydrogen) atoms. The van der Waals surface area contributed by atoms with Gasteiger partial charge in [0.2, 0.25) is 5.91 Å². The second kappa shape index (κ2) is 7.47. The molecule has 132 valence electrons. The standard InChI is InChI=1S/C17H30N2O4/c20-14-10-18(11-15(21)16(14)22)9-12-5-7-19(8-6-12)17(23)13-3-1-2-4-13/h12-16,20-22H,1-11H2/t14-,15+,16+. The van der Waals surface area contributed by atoms with Gasteiger partial charge in [0.05, 0.1) is 12.2 Å². The molecule has 3 rings (SSSR count). The zero-order valence-electron chi connectivity index (χ0n) is 13.8. The molecule has 3 N–H and O–H groups in total. The maximum atomic E-state index is 12.4. The molecule has 0 unspecified atom stereocenters. The summed E-state index contributed by atoms with van der Waals surface area (Å²) in [6.45, 7) is 3.33. The number of likely N-dealkylation sites (tertiary alicyclic amines) is 2. The van der Waals surface area contributed by atoms with E-state index in [1.165, 1.54) is 12.8 Å². The van der Waals surface area contributed by atoms with Gasteiger partial charge in [-0.05, 0) is 31.6 Å². The summed E-state index contributed by atoms with van der Waals surface area (Å²) in [5, 5.41) is 29.2. The summed E-state index contributed by atoms with van der Waals surface area (Å²) in [5.74, 6) is 1.12. The second-order valence-corrected chi connectivity index (χ2v) is 7.59. The maximum Gasteiger partial charge on any atom is 0.225 e. The zero-order chi connectivity index (χ0) is 16.4. The topological polar surface area (TPSA) is 84.2 Å². The molecule has 1 amide bonds. The van der Waals surface area contributed by atoms with Gasteiger partial charge in [-0.15, -0.1) is 0 Å². The SMILES string of the molecule is O=C(C1CCCC1)N1CCC(CN2C[C@@H](O)[C@H](O)[C@@H](O)C2)CC1. The molecule has 6 nitrogen and oxygen atoms in total. The molecule has 2 heterocycles. The average molecular weight is 326 g/mol. The minimum Gasteiger partial charge on any atom is -0.389 e. The van der Waals surface area contributed by atoms with Crippen LogP contribution < -0.4 is 0 Å². The number of hydrogen-bond donors (Lipinski definition) is 3. The third kappa shape index (κ3) is 4.05. The number of β-amino-alcohol motifs (C(OH)–C–C–N with tert-alkyl or cyclic N) is 2. The van der Waals surface area contributed by atoms with Crippen LogP contribution in [0.3, 0.4) is 0 Å². The monoisotopic (exact) mass is 326 g/mol. The van der Waals surface area contributed by atoms with Crippen molar-refractivity contribution >= 4 is 5.91 Å². The minimum atomic E-state index is -1.03. The lowest BCUT2D eigenvalue weighted by Crippen LogP contribution is -2.56. The first-order valence-corrected chi connectivity index (χ1v) is 9.10. The Hall–Kier alpha value is -0.690. The van der Waals surface area contributed by atoms with E-state index < -0.39 is 18.3 Å². The molecule has 6 heteroatoms.